The second-order valence-electron chi connectivity index (χ2n) is 5.36. The van der Waals surface area contributed by atoms with E-state index in [2.05, 4.69) is 4.90 Å². The van der Waals surface area contributed by atoms with E-state index >= 15 is 0 Å². The molecule has 7 heteroatoms. The lowest BCUT2D eigenvalue weighted by molar-refractivity contribution is 0.0533. The van der Waals surface area contributed by atoms with Crippen LogP contribution >= 0.6 is 11.3 Å². The second kappa shape index (κ2) is 6.53. The molecule has 1 saturated heterocycles. The number of hydrogen-bond donors (Lipinski definition) is 2. The van der Waals surface area contributed by atoms with E-state index in [0.29, 0.717) is 22.9 Å². The summed E-state index contributed by atoms with van der Waals surface area (Å²) in [5.74, 6) is 0.176. The fourth-order valence-corrected chi connectivity index (χ4v) is 3.38. The number of esters is 1. The van der Waals surface area contributed by atoms with Gasteiger partial charge in [0.2, 0.25) is 0 Å². The molecule has 0 radical (unpaired) electrons. The van der Waals surface area contributed by atoms with E-state index in [9.17, 15) is 4.79 Å². The van der Waals surface area contributed by atoms with Gasteiger partial charge >= 0.3 is 5.97 Å². The molecule has 0 spiro atoms. The van der Waals surface area contributed by atoms with E-state index in [4.69, 9.17) is 20.9 Å². The monoisotopic (exact) mass is 313 g/mol. The summed E-state index contributed by atoms with van der Waals surface area (Å²) in [5, 5.41) is 0.872. The van der Waals surface area contributed by atoms with Crippen molar-refractivity contribution in [2.24, 2.45) is 5.73 Å². The number of ether oxygens (including phenoxy) is 2. The Labute approximate surface area is 129 Å². The summed E-state index contributed by atoms with van der Waals surface area (Å²) in [6.07, 6.45) is 0.903. The minimum absolute atomic E-state index is 0.0213. The minimum atomic E-state index is -0.400. The van der Waals surface area contributed by atoms with E-state index < -0.39 is 5.97 Å². The highest BCUT2D eigenvalue weighted by Crippen LogP contribution is 2.46. The molecule has 1 aromatic heterocycles. The molecule has 1 fully saturated rings. The van der Waals surface area contributed by atoms with Crippen LogP contribution in [-0.2, 0) is 4.74 Å². The largest absolute Gasteiger partial charge is 0.486 e. The predicted octanol–water partition coefficient (Wildman–Crippen LogP) is 1.83. The highest BCUT2D eigenvalue weighted by Gasteiger charge is 2.30. The van der Waals surface area contributed by atoms with Gasteiger partial charge in [-0.2, -0.15) is 0 Å². The molecule has 1 aromatic rings. The molecule has 4 N–H and O–H groups in total. The zero-order valence-corrected chi connectivity index (χ0v) is 13.5. The third-order valence-corrected chi connectivity index (χ3v) is 4.44. The van der Waals surface area contributed by atoms with E-state index in [1.165, 1.54) is 11.3 Å². The Morgan fingerprint density at radius 2 is 2.24 bits per heavy atom. The van der Waals surface area contributed by atoms with Crippen molar-refractivity contribution in [3.8, 4) is 5.75 Å². The van der Waals surface area contributed by atoms with E-state index in [1.807, 2.05) is 13.8 Å². The summed E-state index contributed by atoms with van der Waals surface area (Å²) in [7, 11) is 0. The van der Waals surface area contributed by atoms with Crippen molar-refractivity contribution in [2.45, 2.75) is 39.3 Å². The van der Waals surface area contributed by atoms with Gasteiger partial charge < -0.3 is 25.8 Å². The van der Waals surface area contributed by atoms with Crippen LogP contribution in [0.3, 0.4) is 0 Å². The number of anilines is 2. The van der Waals surface area contributed by atoms with Crippen LogP contribution < -0.4 is 21.1 Å². The molecule has 1 aliphatic rings. The van der Waals surface area contributed by atoms with Crippen LogP contribution in [-0.4, -0.2) is 37.8 Å². The first-order valence-corrected chi connectivity index (χ1v) is 8.02. The van der Waals surface area contributed by atoms with Crippen molar-refractivity contribution in [3.63, 3.8) is 0 Å². The van der Waals surface area contributed by atoms with Gasteiger partial charge in [0, 0.05) is 19.1 Å². The van der Waals surface area contributed by atoms with Gasteiger partial charge in [0.25, 0.3) is 0 Å². The number of carbonyl (C=O) groups excluding carboxylic acids is 1. The number of nitrogen functional groups attached to an aromatic ring is 1. The first-order chi connectivity index (χ1) is 9.93. The predicted molar refractivity (Wildman–Crippen MR) is 85.3 cm³/mol. The van der Waals surface area contributed by atoms with Crippen molar-refractivity contribution in [3.05, 3.63) is 4.88 Å². The van der Waals surface area contributed by atoms with E-state index in [1.54, 1.807) is 6.92 Å². The normalized spacial score (nSPS) is 18.3. The van der Waals surface area contributed by atoms with Crippen molar-refractivity contribution in [1.29, 1.82) is 0 Å². The first kappa shape index (κ1) is 15.9. The van der Waals surface area contributed by atoms with Gasteiger partial charge in [-0.3, -0.25) is 0 Å². The molecule has 1 unspecified atom stereocenters. The summed E-state index contributed by atoms with van der Waals surface area (Å²) >= 11 is 1.32. The third-order valence-electron chi connectivity index (χ3n) is 3.21. The maximum atomic E-state index is 12.0. The molecule has 2 heterocycles. The van der Waals surface area contributed by atoms with Crippen molar-refractivity contribution in [1.82, 2.24) is 0 Å². The number of thiophene rings is 1. The molecule has 21 heavy (non-hydrogen) atoms. The first-order valence-electron chi connectivity index (χ1n) is 7.20. The van der Waals surface area contributed by atoms with Gasteiger partial charge in [-0.1, -0.05) is 0 Å². The lowest BCUT2D eigenvalue weighted by Crippen LogP contribution is -2.26. The Balaban J connectivity index is 2.37. The average molecular weight is 313 g/mol. The fraction of sp³-hybridized carbons (Fsp3) is 0.643. The highest BCUT2D eigenvalue weighted by molar-refractivity contribution is 7.19. The molecular formula is C14H23N3O3S. The third kappa shape index (κ3) is 3.41. The lowest BCUT2D eigenvalue weighted by atomic mass is 10.3. The summed E-state index contributed by atoms with van der Waals surface area (Å²) < 4.78 is 10.9. The maximum Gasteiger partial charge on any atom is 0.350 e. The lowest BCUT2D eigenvalue weighted by Gasteiger charge is -2.19. The molecule has 0 amide bonds. The topological polar surface area (TPSA) is 90.8 Å². The number of hydrogen-bond acceptors (Lipinski definition) is 7. The van der Waals surface area contributed by atoms with Gasteiger partial charge in [-0.05, 0) is 27.2 Å². The molecule has 0 bridgehead atoms. The summed E-state index contributed by atoms with van der Waals surface area (Å²) in [6.45, 7) is 7.55. The maximum absolute atomic E-state index is 12.0. The summed E-state index contributed by atoms with van der Waals surface area (Å²) in [4.78, 5) is 14.5. The number of nitrogens with two attached hydrogens (primary N) is 2. The van der Waals surface area contributed by atoms with Crippen LogP contribution in [0.1, 0.15) is 36.9 Å². The van der Waals surface area contributed by atoms with Gasteiger partial charge in [0.15, 0.2) is 5.75 Å². The number of rotatable bonds is 5. The van der Waals surface area contributed by atoms with Crippen molar-refractivity contribution in [2.75, 3.05) is 30.3 Å². The van der Waals surface area contributed by atoms with E-state index in [0.717, 1.165) is 24.5 Å². The molecule has 118 valence electrons. The van der Waals surface area contributed by atoms with E-state index in [-0.39, 0.29) is 12.1 Å². The Morgan fingerprint density at radius 1 is 1.52 bits per heavy atom. The summed E-state index contributed by atoms with van der Waals surface area (Å²) in [6, 6.07) is 0.145. The fourth-order valence-electron chi connectivity index (χ4n) is 2.29. The van der Waals surface area contributed by atoms with Crippen molar-refractivity contribution >= 4 is 28.0 Å². The smallest absolute Gasteiger partial charge is 0.350 e. The van der Waals surface area contributed by atoms with Crippen LogP contribution in [0.2, 0.25) is 0 Å². The SMILES string of the molecule is CCOC(=O)c1sc(N2CCC(N)C2)c(OC(C)C)c1N. The highest BCUT2D eigenvalue weighted by atomic mass is 32.1. The van der Waals surface area contributed by atoms with Crippen LogP contribution in [0.4, 0.5) is 10.7 Å². The molecule has 1 atom stereocenters. The van der Waals surface area contributed by atoms with Gasteiger partial charge in [0.05, 0.1) is 12.7 Å². The number of carbonyl (C=O) groups is 1. The van der Waals surface area contributed by atoms with Crippen molar-refractivity contribution < 1.29 is 14.3 Å². The number of nitrogens with zero attached hydrogens (tertiary/aromatic N) is 1. The van der Waals surface area contributed by atoms with Gasteiger partial charge in [-0.25, -0.2) is 4.79 Å². The zero-order valence-electron chi connectivity index (χ0n) is 12.7. The van der Waals surface area contributed by atoms with Crippen LogP contribution in [0.25, 0.3) is 0 Å². The quantitative estimate of drug-likeness (QED) is 0.806. The Bertz CT molecular complexity index is 516. The molecule has 6 nitrogen and oxygen atoms in total. The molecular weight excluding hydrogens is 290 g/mol. The zero-order chi connectivity index (χ0) is 15.6. The Hall–Kier alpha value is -1.47. The standard InChI is InChI=1S/C14H23N3O3S/c1-4-19-14(18)12-10(16)11(20-8(2)3)13(21-12)17-6-5-9(15)7-17/h8-9H,4-7,15-16H2,1-3H3. The van der Waals surface area contributed by atoms with Crippen LogP contribution in [0.5, 0.6) is 5.75 Å². The van der Waals surface area contributed by atoms with Crippen LogP contribution in [0.15, 0.2) is 0 Å². The Kier molecular flexibility index (Phi) is 4.95. The minimum Gasteiger partial charge on any atom is -0.486 e. The Morgan fingerprint density at radius 3 is 2.76 bits per heavy atom. The van der Waals surface area contributed by atoms with Gasteiger partial charge in [0.1, 0.15) is 15.6 Å². The van der Waals surface area contributed by atoms with Gasteiger partial charge in [-0.15, -0.1) is 11.3 Å². The average Bonchev–Trinajstić information content (AvgIpc) is 2.95. The molecule has 0 aliphatic carbocycles. The van der Waals surface area contributed by atoms with Crippen LogP contribution in [0, 0.1) is 0 Å². The molecule has 0 aromatic carbocycles. The molecule has 0 saturated carbocycles. The second-order valence-corrected chi connectivity index (χ2v) is 6.36. The molecule has 2 rings (SSSR count). The summed E-state index contributed by atoms with van der Waals surface area (Å²) in [5.41, 5.74) is 12.4. The molecule has 1 aliphatic heterocycles.